The van der Waals surface area contributed by atoms with Crippen LogP contribution in [0.25, 0.3) is 0 Å². The molecule has 6 heteroatoms. The Bertz CT molecular complexity index is 380. The SMILES string of the molecule is CCO[Si](OCC)(OCC)C(C)CN1CC(C)=C(C)C1=O. The monoisotopic (exact) mass is 315 g/mol. The van der Waals surface area contributed by atoms with Crippen LogP contribution in [0.1, 0.15) is 41.5 Å². The van der Waals surface area contributed by atoms with Gasteiger partial charge in [0.15, 0.2) is 0 Å². The fourth-order valence-electron chi connectivity index (χ4n) is 2.64. The van der Waals surface area contributed by atoms with E-state index in [9.17, 15) is 4.79 Å². The fourth-order valence-corrected chi connectivity index (χ4v) is 5.40. The second-order valence-corrected chi connectivity index (χ2v) is 8.45. The Morgan fingerprint density at radius 3 is 1.90 bits per heavy atom. The highest BCUT2D eigenvalue weighted by molar-refractivity contribution is 6.62. The summed E-state index contributed by atoms with van der Waals surface area (Å²) in [6.45, 7) is 14.8. The van der Waals surface area contributed by atoms with Gasteiger partial charge >= 0.3 is 8.80 Å². The maximum atomic E-state index is 12.2. The van der Waals surface area contributed by atoms with Crippen molar-refractivity contribution in [3.63, 3.8) is 0 Å². The second kappa shape index (κ2) is 8.08. The zero-order chi connectivity index (χ0) is 16.0. The van der Waals surface area contributed by atoms with Gasteiger partial charge in [-0.05, 0) is 40.2 Å². The van der Waals surface area contributed by atoms with E-state index >= 15 is 0 Å². The zero-order valence-electron chi connectivity index (χ0n) is 14.2. The molecule has 1 rings (SSSR count). The van der Waals surface area contributed by atoms with E-state index in [1.165, 1.54) is 0 Å². The maximum Gasteiger partial charge on any atom is 0.505 e. The van der Waals surface area contributed by atoms with Gasteiger partial charge in [-0.2, -0.15) is 0 Å². The first-order valence-electron chi connectivity index (χ1n) is 7.79. The van der Waals surface area contributed by atoms with Gasteiger partial charge in [-0.1, -0.05) is 6.92 Å². The molecule has 1 unspecified atom stereocenters. The van der Waals surface area contributed by atoms with Crippen molar-refractivity contribution in [1.82, 2.24) is 4.90 Å². The van der Waals surface area contributed by atoms with Gasteiger partial charge in [0.2, 0.25) is 5.91 Å². The van der Waals surface area contributed by atoms with Crippen LogP contribution in [-0.2, 0) is 18.1 Å². The molecule has 0 spiro atoms. The molecule has 0 saturated heterocycles. The molecule has 0 saturated carbocycles. The Labute approximate surface area is 129 Å². The van der Waals surface area contributed by atoms with Crippen LogP contribution < -0.4 is 0 Å². The lowest BCUT2D eigenvalue weighted by Crippen LogP contribution is -2.52. The predicted octanol–water partition coefficient (Wildman–Crippen LogP) is 2.60. The number of hydrogen-bond acceptors (Lipinski definition) is 4. The van der Waals surface area contributed by atoms with E-state index in [0.29, 0.717) is 32.9 Å². The average molecular weight is 315 g/mol. The summed E-state index contributed by atoms with van der Waals surface area (Å²) < 4.78 is 17.7. The maximum absolute atomic E-state index is 12.2. The van der Waals surface area contributed by atoms with Gasteiger partial charge in [-0.25, -0.2) is 0 Å². The first-order valence-corrected chi connectivity index (χ1v) is 9.59. The summed E-state index contributed by atoms with van der Waals surface area (Å²) in [4.78, 5) is 14.1. The Morgan fingerprint density at radius 1 is 1.10 bits per heavy atom. The summed E-state index contributed by atoms with van der Waals surface area (Å²) in [6, 6.07) is 0. The standard InChI is InChI=1S/C15H29NO4Si/c1-7-18-21(19-8-2,20-9-3)13(5)11-16-10-12(4)14(6)15(16)17/h13H,7-11H2,1-6H3. The quantitative estimate of drug-likeness (QED) is 0.614. The predicted molar refractivity (Wildman–Crippen MR) is 85.0 cm³/mol. The molecule has 0 fully saturated rings. The number of rotatable bonds is 9. The van der Waals surface area contributed by atoms with Crippen molar-refractivity contribution in [3.8, 4) is 0 Å². The normalized spacial score (nSPS) is 17.8. The van der Waals surface area contributed by atoms with Crippen molar-refractivity contribution in [2.24, 2.45) is 0 Å². The molecule has 0 aromatic heterocycles. The average Bonchev–Trinajstić information content (AvgIpc) is 2.67. The lowest BCUT2D eigenvalue weighted by molar-refractivity contribution is -0.125. The summed E-state index contributed by atoms with van der Waals surface area (Å²) in [5.41, 5.74) is 2.06. The summed E-state index contributed by atoms with van der Waals surface area (Å²) in [6.07, 6.45) is 0. The van der Waals surface area contributed by atoms with Crippen LogP contribution >= 0.6 is 0 Å². The lowest BCUT2D eigenvalue weighted by atomic mass is 10.2. The number of carbonyl (C=O) groups is 1. The van der Waals surface area contributed by atoms with E-state index in [2.05, 4.69) is 6.92 Å². The van der Waals surface area contributed by atoms with E-state index < -0.39 is 8.80 Å². The van der Waals surface area contributed by atoms with Gasteiger partial charge in [0, 0.05) is 44.0 Å². The molecule has 1 aliphatic heterocycles. The van der Waals surface area contributed by atoms with Crippen LogP contribution in [0.2, 0.25) is 5.54 Å². The third-order valence-corrected chi connectivity index (χ3v) is 7.27. The molecule has 0 aliphatic carbocycles. The van der Waals surface area contributed by atoms with Gasteiger partial charge in [0.1, 0.15) is 0 Å². The topological polar surface area (TPSA) is 48.0 Å². The molecular formula is C15H29NO4Si. The molecule has 1 amide bonds. The van der Waals surface area contributed by atoms with E-state index in [-0.39, 0.29) is 11.4 Å². The molecule has 1 atom stereocenters. The first kappa shape index (κ1) is 18.4. The number of nitrogens with zero attached hydrogens (tertiary/aromatic N) is 1. The minimum absolute atomic E-state index is 0.0556. The highest BCUT2D eigenvalue weighted by atomic mass is 28.4. The summed E-state index contributed by atoms with van der Waals surface area (Å²) in [5.74, 6) is 0.117. The second-order valence-electron chi connectivity index (χ2n) is 5.39. The van der Waals surface area contributed by atoms with Crippen LogP contribution in [0.4, 0.5) is 0 Å². The van der Waals surface area contributed by atoms with Crippen molar-refractivity contribution in [3.05, 3.63) is 11.1 Å². The lowest BCUT2D eigenvalue weighted by Gasteiger charge is -2.35. The molecular weight excluding hydrogens is 286 g/mol. The van der Waals surface area contributed by atoms with E-state index in [1.807, 2.05) is 39.5 Å². The minimum atomic E-state index is -2.75. The number of amides is 1. The molecule has 0 aromatic rings. The van der Waals surface area contributed by atoms with Gasteiger partial charge in [-0.15, -0.1) is 0 Å². The van der Waals surface area contributed by atoms with E-state index in [1.54, 1.807) is 0 Å². The summed E-state index contributed by atoms with van der Waals surface area (Å²) in [5, 5.41) is 0. The van der Waals surface area contributed by atoms with Crippen molar-refractivity contribution >= 4 is 14.7 Å². The van der Waals surface area contributed by atoms with Crippen LogP contribution in [0.15, 0.2) is 11.1 Å². The van der Waals surface area contributed by atoms with Crippen LogP contribution in [0.5, 0.6) is 0 Å². The number of carbonyl (C=O) groups excluding carboxylic acids is 1. The molecule has 0 bridgehead atoms. The molecule has 1 heterocycles. The van der Waals surface area contributed by atoms with Crippen LogP contribution in [-0.4, -0.2) is 52.5 Å². The van der Waals surface area contributed by atoms with Gasteiger partial charge in [0.25, 0.3) is 0 Å². The summed E-state index contributed by atoms with van der Waals surface area (Å²) in [7, 11) is -2.75. The van der Waals surface area contributed by atoms with Crippen molar-refractivity contribution < 1.29 is 18.1 Å². The molecule has 5 nitrogen and oxygen atoms in total. The van der Waals surface area contributed by atoms with Crippen LogP contribution in [0, 0.1) is 0 Å². The Morgan fingerprint density at radius 2 is 1.57 bits per heavy atom. The third-order valence-electron chi connectivity index (χ3n) is 3.81. The Kier molecular flexibility index (Phi) is 7.06. The molecule has 0 aromatic carbocycles. The highest BCUT2D eigenvalue weighted by Gasteiger charge is 2.48. The molecule has 1 aliphatic rings. The smallest absolute Gasteiger partial charge is 0.374 e. The first-order chi connectivity index (χ1) is 9.91. The molecule has 0 N–H and O–H groups in total. The molecule has 21 heavy (non-hydrogen) atoms. The van der Waals surface area contributed by atoms with Crippen LogP contribution in [0.3, 0.4) is 0 Å². The summed E-state index contributed by atoms with van der Waals surface area (Å²) >= 11 is 0. The minimum Gasteiger partial charge on any atom is -0.374 e. The van der Waals surface area contributed by atoms with E-state index in [4.69, 9.17) is 13.3 Å². The van der Waals surface area contributed by atoms with Crippen molar-refractivity contribution in [2.45, 2.75) is 47.1 Å². The van der Waals surface area contributed by atoms with Crippen molar-refractivity contribution in [1.29, 1.82) is 0 Å². The zero-order valence-corrected chi connectivity index (χ0v) is 15.2. The van der Waals surface area contributed by atoms with Gasteiger partial charge < -0.3 is 18.2 Å². The van der Waals surface area contributed by atoms with Gasteiger partial charge in [-0.3, -0.25) is 4.79 Å². The Balaban J connectivity index is 2.81. The largest absolute Gasteiger partial charge is 0.505 e. The molecule has 0 radical (unpaired) electrons. The molecule has 122 valence electrons. The number of hydrogen-bond donors (Lipinski definition) is 0. The third kappa shape index (κ3) is 4.16. The van der Waals surface area contributed by atoms with Gasteiger partial charge in [0.05, 0.1) is 0 Å². The Hall–Kier alpha value is -0.693. The highest BCUT2D eigenvalue weighted by Crippen LogP contribution is 2.29. The van der Waals surface area contributed by atoms with E-state index in [0.717, 1.165) is 11.1 Å². The van der Waals surface area contributed by atoms with Crippen molar-refractivity contribution in [2.75, 3.05) is 32.9 Å². The fraction of sp³-hybridized carbons (Fsp3) is 0.800.